The third kappa shape index (κ3) is 31.0. The molecular formula is C43H76N3O10P. The van der Waals surface area contributed by atoms with E-state index in [1.165, 1.54) is 76.7 Å². The van der Waals surface area contributed by atoms with Crippen LogP contribution in [0.3, 0.4) is 0 Å². The van der Waals surface area contributed by atoms with E-state index in [9.17, 15) is 23.8 Å². The minimum atomic E-state index is -4.66. The highest BCUT2D eigenvalue weighted by atomic mass is 31.2. The molecule has 1 unspecified atom stereocenters. The van der Waals surface area contributed by atoms with Gasteiger partial charge in [-0.1, -0.05) is 141 Å². The van der Waals surface area contributed by atoms with Crippen molar-refractivity contribution in [2.75, 3.05) is 54.1 Å². The van der Waals surface area contributed by atoms with Crippen molar-refractivity contribution in [3.8, 4) is 0 Å². The summed E-state index contributed by atoms with van der Waals surface area (Å²) < 4.78 is 39.0. The molecule has 0 N–H and O–H groups in total. The Morgan fingerprint density at radius 1 is 0.684 bits per heavy atom. The van der Waals surface area contributed by atoms with Crippen molar-refractivity contribution in [3.05, 3.63) is 29.3 Å². The topological polar surface area (TPSA) is 174 Å². The first-order chi connectivity index (χ1) is 27.4. The van der Waals surface area contributed by atoms with Gasteiger partial charge in [0.15, 0.2) is 6.10 Å². The van der Waals surface area contributed by atoms with Crippen molar-refractivity contribution in [1.29, 1.82) is 0 Å². The van der Waals surface area contributed by atoms with E-state index in [1.807, 2.05) is 21.1 Å². The van der Waals surface area contributed by atoms with Gasteiger partial charge in [0, 0.05) is 18.9 Å². The van der Waals surface area contributed by atoms with E-state index in [-0.39, 0.29) is 37.3 Å². The van der Waals surface area contributed by atoms with Crippen molar-refractivity contribution in [2.45, 2.75) is 174 Å². The van der Waals surface area contributed by atoms with Crippen LogP contribution in [0.2, 0.25) is 0 Å². The van der Waals surface area contributed by atoms with Crippen LogP contribution in [-0.4, -0.2) is 93.1 Å². The Morgan fingerprint density at radius 3 is 1.68 bits per heavy atom. The Bertz CT molecular complexity index is 1280. The first kappa shape index (κ1) is 52.4. The Labute approximate surface area is 344 Å². The number of nitrogens with zero attached hydrogens (tertiary/aromatic N) is 3. The highest BCUT2D eigenvalue weighted by molar-refractivity contribution is 7.45. The highest BCUT2D eigenvalue weighted by Crippen LogP contribution is 2.38. The Hall–Kier alpha value is -2.66. The first-order valence-electron chi connectivity index (χ1n) is 21.9. The van der Waals surface area contributed by atoms with Gasteiger partial charge in [-0.05, 0) is 25.3 Å². The zero-order valence-electron chi connectivity index (χ0n) is 35.9. The van der Waals surface area contributed by atoms with Crippen LogP contribution in [0.15, 0.2) is 23.8 Å². The number of phosphoric ester groups is 1. The number of hydrogen-bond donors (Lipinski definition) is 0. The summed E-state index contributed by atoms with van der Waals surface area (Å²) in [5.74, 6) is -1.42. The van der Waals surface area contributed by atoms with Crippen LogP contribution in [0.25, 0.3) is 5.53 Å². The van der Waals surface area contributed by atoms with Gasteiger partial charge < -0.3 is 38.2 Å². The lowest BCUT2D eigenvalue weighted by Gasteiger charge is -2.28. The summed E-state index contributed by atoms with van der Waals surface area (Å²) in [5.41, 5.74) is 9.36. The first-order valence-corrected chi connectivity index (χ1v) is 23.4. The van der Waals surface area contributed by atoms with Crippen LogP contribution in [-0.2, 0) is 42.2 Å². The lowest BCUT2D eigenvalue weighted by molar-refractivity contribution is -0.870. The van der Waals surface area contributed by atoms with E-state index in [0.29, 0.717) is 30.5 Å². The molecule has 1 aliphatic rings. The van der Waals surface area contributed by atoms with Crippen molar-refractivity contribution >= 4 is 31.4 Å². The van der Waals surface area contributed by atoms with Gasteiger partial charge in [-0.3, -0.25) is 14.2 Å². The monoisotopic (exact) mass is 826 g/mol. The molecule has 0 aliphatic heterocycles. The van der Waals surface area contributed by atoms with Crippen molar-refractivity contribution in [1.82, 2.24) is 0 Å². The van der Waals surface area contributed by atoms with Crippen molar-refractivity contribution < 1.29 is 56.4 Å². The van der Waals surface area contributed by atoms with Crippen molar-refractivity contribution in [3.63, 3.8) is 0 Å². The van der Waals surface area contributed by atoms with E-state index >= 15 is 0 Å². The molecule has 1 aliphatic carbocycles. The fraction of sp³-hybridized carbons (Fsp3) is 0.814. The van der Waals surface area contributed by atoms with Gasteiger partial charge in [-0.15, -0.1) is 0 Å². The average molecular weight is 826 g/mol. The molecule has 0 fully saturated rings. The van der Waals surface area contributed by atoms with Crippen LogP contribution >= 0.6 is 7.82 Å². The number of carbonyl (C=O) groups excluding carboxylic acids is 3. The molecule has 14 heteroatoms. The minimum Gasteiger partial charge on any atom is -0.756 e. The molecule has 0 heterocycles. The number of allylic oxidation sites excluding steroid dienone is 3. The number of carbonyl (C=O) groups is 3. The molecule has 0 spiro atoms. The van der Waals surface area contributed by atoms with E-state index in [4.69, 9.17) is 28.8 Å². The molecule has 2 atom stereocenters. The molecule has 0 aromatic carbocycles. The molecule has 1 rings (SSSR count). The summed E-state index contributed by atoms with van der Waals surface area (Å²) in [7, 11) is 1.07. The van der Waals surface area contributed by atoms with Crippen molar-refractivity contribution in [2.24, 2.45) is 0 Å². The molecule has 0 aromatic heterocycles. The van der Waals surface area contributed by atoms with Crippen LogP contribution in [0.5, 0.6) is 0 Å². The molecule has 0 saturated heterocycles. The fourth-order valence-electron chi connectivity index (χ4n) is 6.24. The molecule has 0 aromatic rings. The van der Waals surface area contributed by atoms with Gasteiger partial charge in [0.05, 0.1) is 34.4 Å². The maximum absolute atomic E-state index is 12.7. The average Bonchev–Trinajstić information content (AvgIpc) is 3.65. The quantitative estimate of drug-likeness (QED) is 0.0111. The SMILES string of the molecule is CCCCCCCCCCCCCCCCCC(=O)OC[C@@H](COP(=O)([O-])OCC[N+](C)(C)C)OC(=O)CCCCCCCCCCOC(=O)C1=CC=CC1=[N+]=[N-]. The number of rotatable bonds is 38. The molecular weight excluding hydrogens is 749 g/mol. The Balaban J connectivity index is 2.27. The smallest absolute Gasteiger partial charge is 0.346 e. The number of phosphoric acid groups is 1. The van der Waals surface area contributed by atoms with Gasteiger partial charge in [-0.2, -0.15) is 4.79 Å². The van der Waals surface area contributed by atoms with Gasteiger partial charge in [0.1, 0.15) is 25.3 Å². The summed E-state index contributed by atoms with van der Waals surface area (Å²) in [6.07, 6.45) is 29.6. The largest absolute Gasteiger partial charge is 0.756 e. The number of esters is 3. The van der Waals surface area contributed by atoms with Gasteiger partial charge >= 0.3 is 23.6 Å². The molecule has 328 valence electrons. The predicted molar refractivity (Wildman–Crippen MR) is 221 cm³/mol. The zero-order valence-corrected chi connectivity index (χ0v) is 36.8. The summed E-state index contributed by atoms with van der Waals surface area (Å²) >= 11 is 0. The molecule has 0 amide bonds. The molecule has 0 bridgehead atoms. The second-order valence-corrected chi connectivity index (χ2v) is 17.6. The van der Waals surface area contributed by atoms with Gasteiger partial charge in [0.25, 0.3) is 7.82 Å². The van der Waals surface area contributed by atoms with E-state index in [0.717, 1.165) is 64.2 Å². The molecule has 0 radical (unpaired) electrons. The van der Waals surface area contributed by atoms with E-state index in [2.05, 4.69) is 11.7 Å². The minimum absolute atomic E-state index is 0.0576. The Morgan fingerprint density at radius 2 is 1.18 bits per heavy atom. The second-order valence-electron chi connectivity index (χ2n) is 16.2. The standard InChI is InChI=1S/C43H76N3O10P/c1-5-6-7-8-9-10-11-12-13-14-15-16-19-22-25-31-41(47)53-36-38(37-55-57(50,51)54-35-33-46(2,3)4)56-42(48)32-26-23-20-17-18-21-24-27-34-52-43(49)39-29-28-30-40(39)45-44/h28-30,38H,5-27,31-37H2,1-4H3/t38-/m0/s1. The molecule has 13 nitrogen and oxygen atoms in total. The van der Waals surface area contributed by atoms with E-state index < -0.39 is 38.4 Å². The lowest BCUT2D eigenvalue weighted by Crippen LogP contribution is -2.37. The Kier molecular flexibility index (Phi) is 30.5. The van der Waals surface area contributed by atoms with Crippen LogP contribution in [0.1, 0.15) is 167 Å². The number of hydrogen-bond acceptors (Lipinski definition) is 10. The number of unbranched alkanes of at least 4 members (excludes halogenated alkanes) is 21. The third-order valence-electron chi connectivity index (χ3n) is 9.77. The second kappa shape index (κ2) is 33.2. The highest BCUT2D eigenvalue weighted by Gasteiger charge is 2.25. The van der Waals surface area contributed by atoms with Crippen LogP contribution in [0.4, 0.5) is 0 Å². The van der Waals surface area contributed by atoms with Gasteiger partial charge in [0.2, 0.25) is 0 Å². The van der Waals surface area contributed by atoms with Crippen LogP contribution in [0, 0.1) is 0 Å². The normalized spacial score (nSPS) is 14.2. The van der Waals surface area contributed by atoms with Crippen LogP contribution < -0.4 is 4.89 Å². The van der Waals surface area contributed by atoms with Gasteiger partial charge in [-0.25, -0.2) is 4.79 Å². The number of ether oxygens (including phenoxy) is 3. The fourth-order valence-corrected chi connectivity index (χ4v) is 6.97. The zero-order chi connectivity index (χ0) is 42.0. The molecule has 0 saturated carbocycles. The maximum Gasteiger partial charge on any atom is 0.346 e. The summed E-state index contributed by atoms with van der Waals surface area (Å²) in [6, 6.07) is 0. The maximum atomic E-state index is 12.7. The number of likely N-dealkylation sites (N-methyl/N-ethyl adjacent to an activating group) is 1. The summed E-state index contributed by atoms with van der Waals surface area (Å²) in [6.45, 7) is 2.14. The lowest BCUT2D eigenvalue weighted by atomic mass is 10.0. The summed E-state index contributed by atoms with van der Waals surface area (Å²) in [5, 5.41) is 0. The van der Waals surface area contributed by atoms with E-state index in [1.54, 1.807) is 12.2 Å². The third-order valence-corrected chi connectivity index (χ3v) is 10.7. The molecule has 57 heavy (non-hydrogen) atoms. The number of quaternary nitrogens is 1. The summed E-state index contributed by atoms with van der Waals surface area (Å²) in [4.78, 5) is 52.7. The predicted octanol–water partition coefficient (Wildman–Crippen LogP) is 9.13.